The largest absolute Gasteiger partial charge is 0.382 e. The smallest absolute Gasteiger partial charge is 0.280 e. The fraction of sp³-hybridized carbons (Fsp3) is 0.625. The van der Waals surface area contributed by atoms with Crippen LogP contribution in [-0.2, 0) is 6.54 Å². The predicted molar refractivity (Wildman–Crippen MR) is 45.9 cm³/mol. The molecular weight excluding hydrogens is 156 g/mol. The van der Waals surface area contributed by atoms with E-state index >= 15 is 0 Å². The molecule has 0 radical (unpaired) electrons. The molecule has 0 saturated heterocycles. The Morgan fingerprint density at radius 3 is 2.75 bits per heavy atom. The monoisotopic (exact) mass is 170 g/mol. The lowest BCUT2D eigenvalue weighted by atomic mass is 10.3. The van der Waals surface area contributed by atoms with E-state index in [9.17, 15) is 4.79 Å². The van der Waals surface area contributed by atoms with Crippen LogP contribution in [0.2, 0.25) is 0 Å². The molecule has 0 aliphatic rings. The van der Waals surface area contributed by atoms with E-state index in [1.807, 2.05) is 7.05 Å². The maximum atomic E-state index is 10.7. The molecule has 0 fully saturated rings. The zero-order chi connectivity index (χ0) is 9.14. The molecule has 0 unspecified atom stereocenters. The molecular formula is C8H14N2O2. The Morgan fingerprint density at radius 2 is 2.33 bits per heavy atom. The van der Waals surface area contributed by atoms with Gasteiger partial charge in [0.1, 0.15) is 0 Å². The van der Waals surface area contributed by atoms with Gasteiger partial charge in [0, 0.05) is 12.1 Å². The highest BCUT2D eigenvalue weighted by molar-refractivity contribution is 4.93. The van der Waals surface area contributed by atoms with Crippen LogP contribution in [-0.4, -0.2) is 23.1 Å². The number of nitrogens with one attached hydrogen (secondary N) is 1. The molecule has 0 saturated carbocycles. The summed E-state index contributed by atoms with van der Waals surface area (Å²) in [5.41, 5.74) is -0.179. The lowest BCUT2D eigenvalue weighted by Gasteiger charge is -2.18. The summed E-state index contributed by atoms with van der Waals surface area (Å²) >= 11 is 0. The third-order valence-corrected chi connectivity index (χ3v) is 1.86. The normalized spacial score (nSPS) is 11.4. The van der Waals surface area contributed by atoms with Crippen molar-refractivity contribution < 1.29 is 4.52 Å². The van der Waals surface area contributed by atoms with E-state index < -0.39 is 0 Å². The third-order valence-electron chi connectivity index (χ3n) is 1.86. The van der Waals surface area contributed by atoms with Crippen molar-refractivity contribution >= 4 is 0 Å². The minimum Gasteiger partial charge on any atom is -0.382 e. The van der Waals surface area contributed by atoms with Gasteiger partial charge in [-0.05, 0) is 20.9 Å². The molecule has 0 spiro atoms. The first-order chi connectivity index (χ1) is 5.59. The molecule has 68 valence electrons. The molecule has 1 aromatic rings. The quantitative estimate of drug-likeness (QED) is 0.730. The van der Waals surface area contributed by atoms with Gasteiger partial charge >= 0.3 is 0 Å². The molecule has 0 aliphatic carbocycles. The fourth-order valence-corrected chi connectivity index (χ4v) is 0.827. The summed E-state index contributed by atoms with van der Waals surface area (Å²) in [6, 6.07) is 1.92. The van der Waals surface area contributed by atoms with Gasteiger partial charge in [-0.3, -0.25) is 9.69 Å². The van der Waals surface area contributed by atoms with Gasteiger partial charge < -0.3 is 4.52 Å². The Bertz CT molecular complexity index is 287. The van der Waals surface area contributed by atoms with Gasteiger partial charge in [0.25, 0.3) is 5.56 Å². The van der Waals surface area contributed by atoms with Gasteiger partial charge in [0.15, 0.2) is 5.76 Å². The van der Waals surface area contributed by atoms with E-state index in [1.165, 1.54) is 6.07 Å². The van der Waals surface area contributed by atoms with Gasteiger partial charge in [-0.1, -0.05) is 0 Å². The number of rotatable bonds is 3. The summed E-state index contributed by atoms with van der Waals surface area (Å²) in [6.07, 6.45) is 0. The first kappa shape index (κ1) is 9.06. The molecule has 0 amide bonds. The van der Waals surface area contributed by atoms with Crippen molar-refractivity contribution in [3.63, 3.8) is 0 Å². The lowest BCUT2D eigenvalue weighted by molar-refractivity contribution is 0.230. The van der Waals surface area contributed by atoms with Crippen LogP contribution >= 0.6 is 0 Å². The molecule has 1 N–H and O–H groups in total. The van der Waals surface area contributed by atoms with Crippen molar-refractivity contribution in [2.75, 3.05) is 7.05 Å². The Balaban J connectivity index is 2.58. The van der Waals surface area contributed by atoms with Crippen LogP contribution in [0, 0.1) is 0 Å². The van der Waals surface area contributed by atoms with Crippen LogP contribution in [0.1, 0.15) is 19.6 Å². The topological polar surface area (TPSA) is 49.2 Å². The summed E-state index contributed by atoms with van der Waals surface area (Å²) in [5.74, 6) is 0.677. The Kier molecular flexibility index (Phi) is 2.70. The van der Waals surface area contributed by atoms with Crippen LogP contribution in [0.25, 0.3) is 0 Å². The Hall–Kier alpha value is -1.03. The summed E-state index contributed by atoms with van der Waals surface area (Å²) in [5, 5.41) is 2.26. The van der Waals surface area contributed by atoms with Crippen molar-refractivity contribution in [1.29, 1.82) is 0 Å². The average Bonchev–Trinajstić information content (AvgIpc) is 2.35. The molecule has 1 rings (SSSR count). The van der Waals surface area contributed by atoms with E-state index in [1.54, 1.807) is 0 Å². The molecule has 0 bridgehead atoms. The molecule has 0 aliphatic heterocycles. The molecule has 1 heterocycles. The van der Waals surface area contributed by atoms with Gasteiger partial charge in [-0.15, -0.1) is 0 Å². The number of hydrogen-bond acceptors (Lipinski definition) is 3. The van der Waals surface area contributed by atoms with E-state index in [2.05, 4.69) is 23.9 Å². The molecule has 0 aromatic carbocycles. The second-order valence-corrected chi connectivity index (χ2v) is 3.19. The van der Waals surface area contributed by atoms with Crippen LogP contribution in [0.3, 0.4) is 0 Å². The summed E-state index contributed by atoms with van der Waals surface area (Å²) in [4.78, 5) is 12.8. The minimum absolute atomic E-state index is 0.179. The highest BCUT2D eigenvalue weighted by Crippen LogP contribution is 2.01. The SMILES string of the molecule is CC(C)N(C)Cc1cc(=O)[nH]o1. The Morgan fingerprint density at radius 1 is 1.67 bits per heavy atom. The standard InChI is InChI=1S/C8H14N2O2/c1-6(2)10(3)5-7-4-8(11)9-12-7/h4,6H,5H2,1-3H3,(H,9,11). The lowest BCUT2D eigenvalue weighted by Crippen LogP contribution is -2.25. The van der Waals surface area contributed by atoms with Crippen molar-refractivity contribution in [3.8, 4) is 0 Å². The highest BCUT2D eigenvalue weighted by Gasteiger charge is 2.06. The highest BCUT2D eigenvalue weighted by atomic mass is 16.5. The van der Waals surface area contributed by atoms with E-state index in [4.69, 9.17) is 4.52 Å². The third kappa shape index (κ3) is 2.23. The summed E-state index contributed by atoms with van der Waals surface area (Å²) in [6.45, 7) is 4.84. The van der Waals surface area contributed by atoms with Crippen LogP contribution in [0.4, 0.5) is 0 Å². The molecule has 4 heteroatoms. The fourth-order valence-electron chi connectivity index (χ4n) is 0.827. The van der Waals surface area contributed by atoms with Crippen LogP contribution in [0.15, 0.2) is 15.4 Å². The zero-order valence-electron chi connectivity index (χ0n) is 7.63. The van der Waals surface area contributed by atoms with Gasteiger partial charge in [-0.25, -0.2) is 0 Å². The first-order valence-electron chi connectivity index (χ1n) is 3.97. The molecule has 12 heavy (non-hydrogen) atoms. The summed E-state index contributed by atoms with van der Waals surface area (Å²) < 4.78 is 4.91. The second-order valence-electron chi connectivity index (χ2n) is 3.19. The number of H-pyrrole nitrogens is 1. The number of aromatic nitrogens is 1. The van der Waals surface area contributed by atoms with Crippen molar-refractivity contribution in [1.82, 2.24) is 10.1 Å². The van der Waals surface area contributed by atoms with E-state index in [0.29, 0.717) is 18.3 Å². The van der Waals surface area contributed by atoms with Crippen molar-refractivity contribution in [2.45, 2.75) is 26.4 Å². The second kappa shape index (κ2) is 3.58. The minimum atomic E-state index is -0.179. The van der Waals surface area contributed by atoms with E-state index in [0.717, 1.165) is 0 Å². The zero-order valence-corrected chi connectivity index (χ0v) is 7.63. The van der Waals surface area contributed by atoms with Crippen molar-refractivity contribution in [3.05, 3.63) is 22.2 Å². The van der Waals surface area contributed by atoms with Crippen LogP contribution < -0.4 is 5.56 Å². The van der Waals surface area contributed by atoms with Gasteiger partial charge in [0.2, 0.25) is 0 Å². The first-order valence-corrected chi connectivity index (χ1v) is 3.97. The van der Waals surface area contributed by atoms with Crippen molar-refractivity contribution in [2.24, 2.45) is 0 Å². The Labute approximate surface area is 71.1 Å². The summed E-state index contributed by atoms with van der Waals surface area (Å²) in [7, 11) is 1.98. The average molecular weight is 170 g/mol. The van der Waals surface area contributed by atoms with Crippen LogP contribution in [0.5, 0.6) is 0 Å². The molecule has 0 atom stereocenters. The predicted octanol–water partition coefficient (Wildman–Crippen LogP) is 0.808. The van der Waals surface area contributed by atoms with Gasteiger partial charge in [-0.2, -0.15) is 5.16 Å². The van der Waals surface area contributed by atoms with E-state index in [-0.39, 0.29) is 5.56 Å². The maximum absolute atomic E-state index is 10.7. The molecule has 4 nitrogen and oxygen atoms in total. The van der Waals surface area contributed by atoms with Gasteiger partial charge in [0.05, 0.1) is 6.54 Å². The molecule has 1 aromatic heterocycles. The number of hydrogen-bond donors (Lipinski definition) is 1. The maximum Gasteiger partial charge on any atom is 0.280 e. The number of aromatic amines is 1. The number of nitrogens with zero attached hydrogens (tertiary/aromatic N) is 1.